The van der Waals surface area contributed by atoms with Crippen LogP contribution >= 0.6 is 16.9 Å². The van der Waals surface area contributed by atoms with E-state index in [4.69, 9.17) is 9.46 Å². The van der Waals surface area contributed by atoms with Crippen LogP contribution in [0, 0.1) is 0 Å². The standard InChI is InChI=1S/C2H6O3P.HO2P/c1-4-6(3)5-2;1-3-2/h1-2H3;3H/q+1;/p+1. The van der Waals surface area contributed by atoms with Gasteiger partial charge in [0.1, 0.15) is 0 Å². The predicted octanol–water partition coefficient (Wildman–Crippen LogP) is 0.854. The van der Waals surface area contributed by atoms with Gasteiger partial charge in [0, 0.05) is 4.57 Å². The fourth-order valence-corrected chi connectivity index (χ4v) is 0.224. The van der Waals surface area contributed by atoms with Crippen LogP contribution in [0.5, 0.6) is 0 Å². The molecule has 0 aliphatic heterocycles. The highest BCUT2D eigenvalue weighted by atomic mass is 31.1. The first-order chi connectivity index (χ1) is 4.22. The van der Waals surface area contributed by atoms with Gasteiger partial charge in [0.15, 0.2) is 0 Å². The lowest BCUT2D eigenvalue weighted by molar-refractivity contribution is 0.302. The Balaban J connectivity index is 0. The molecule has 0 bridgehead atoms. The molecule has 0 spiro atoms. The summed E-state index contributed by atoms with van der Waals surface area (Å²) in [4.78, 5) is 7.04. The smallest absolute Gasteiger partial charge is 0.162 e. The van der Waals surface area contributed by atoms with Gasteiger partial charge in [-0.2, -0.15) is 4.89 Å². The van der Waals surface area contributed by atoms with E-state index in [0.717, 1.165) is 0 Å². The van der Waals surface area contributed by atoms with Crippen LogP contribution in [0.1, 0.15) is 0 Å². The van der Waals surface area contributed by atoms with Crippen molar-refractivity contribution in [3.63, 3.8) is 0 Å². The first-order valence-electron chi connectivity index (χ1n) is 1.79. The molecular weight excluding hydrogens is 166 g/mol. The van der Waals surface area contributed by atoms with E-state index in [0.29, 0.717) is 0 Å². The zero-order valence-electron chi connectivity index (χ0n) is 5.03. The zero-order chi connectivity index (χ0) is 7.70. The van der Waals surface area contributed by atoms with Crippen molar-refractivity contribution < 1.29 is 23.1 Å². The van der Waals surface area contributed by atoms with E-state index in [1.54, 1.807) is 0 Å². The van der Waals surface area contributed by atoms with Crippen LogP contribution in [0.2, 0.25) is 0 Å². The Labute approximate surface area is 55.2 Å². The molecule has 0 radical (unpaired) electrons. The first kappa shape index (κ1) is 11.8. The van der Waals surface area contributed by atoms with Gasteiger partial charge in [-0.1, -0.05) is 0 Å². The Hall–Kier alpha value is 0.0800. The lowest BCUT2D eigenvalue weighted by Gasteiger charge is -1.66. The maximum atomic E-state index is 9.88. The molecule has 0 aromatic carbocycles. The lowest BCUT2D eigenvalue weighted by Crippen LogP contribution is -1.66. The van der Waals surface area contributed by atoms with Crippen molar-refractivity contribution >= 4 is 16.9 Å². The SMILES string of the molecule is CO[P+](=O)OC.O=[PH+]O. The van der Waals surface area contributed by atoms with E-state index in [2.05, 4.69) is 9.05 Å². The van der Waals surface area contributed by atoms with Crippen LogP contribution in [0.4, 0.5) is 0 Å². The van der Waals surface area contributed by atoms with Crippen molar-refractivity contribution in [1.82, 2.24) is 0 Å². The van der Waals surface area contributed by atoms with Crippen LogP contribution in [0.3, 0.4) is 0 Å². The van der Waals surface area contributed by atoms with E-state index in [1.807, 2.05) is 0 Å². The Kier molecular flexibility index (Phi) is 14.4. The van der Waals surface area contributed by atoms with Gasteiger partial charge >= 0.3 is 16.9 Å². The molecule has 7 heteroatoms. The van der Waals surface area contributed by atoms with E-state index in [-0.39, 0.29) is 0 Å². The van der Waals surface area contributed by atoms with Gasteiger partial charge in [0.25, 0.3) is 0 Å². The summed E-state index contributed by atoms with van der Waals surface area (Å²) < 4.78 is 26.8. The van der Waals surface area contributed by atoms with E-state index < -0.39 is 16.9 Å². The molecule has 0 heterocycles. The Morgan fingerprint density at radius 2 is 1.67 bits per heavy atom. The van der Waals surface area contributed by atoms with Gasteiger partial charge < -0.3 is 0 Å². The van der Waals surface area contributed by atoms with Crippen molar-refractivity contribution in [2.45, 2.75) is 0 Å². The summed E-state index contributed by atoms with van der Waals surface area (Å²) in [5, 5.41) is 0. The second-order valence-electron chi connectivity index (χ2n) is 0.680. The molecule has 54 valence electrons. The molecule has 0 fully saturated rings. The van der Waals surface area contributed by atoms with Crippen LogP contribution in [-0.2, 0) is 18.2 Å². The quantitative estimate of drug-likeness (QED) is 0.628. The van der Waals surface area contributed by atoms with Gasteiger partial charge in [0.05, 0.1) is 14.2 Å². The van der Waals surface area contributed by atoms with Crippen LogP contribution in [0.25, 0.3) is 0 Å². The van der Waals surface area contributed by atoms with Crippen molar-refractivity contribution in [2.75, 3.05) is 14.2 Å². The summed E-state index contributed by atoms with van der Waals surface area (Å²) in [7, 11) is -0.350. The molecule has 0 aromatic rings. The Bertz CT molecular complexity index is 77.0. The summed E-state index contributed by atoms with van der Waals surface area (Å²) >= 11 is 0. The van der Waals surface area contributed by atoms with E-state index in [1.165, 1.54) is 14.2 Å². The molecule has 9 heavy (non-hydrogen) atoms. The van der Waals surface area contributed by atoms with E-state index >= 15 is 0 Å². The third-order valence-corrected chi connectivity index (χ3v) is 0.894. The van der Waals surface area contributed by atoms with Gasteiger partial charge in [-0.3, -0.25) is 0 Å². The Morgan fingerprint density at radius 1 is 1.44 bits per heavy atom. The fraction of sp³-hybridized carbons (Fsp3) is 1.00. The summed E-state index contributed by atoms with van der Waals surface area (Å²) in [6, 6.07) is 0. The highest BCUT2D eigenvalue weighted by molar-refractivity contribution is 7.33. The topological polar surface area (TPSA) is 72.8 Å². The molecular formula is C2H8O5P2+2. The highest BCUT2D eigenvalue weighted by Crippen LogP contribution is 2.18. The molecule has 0 saturated carbocycles. The average molecular weight is 174 g/mol. The Morgan fingerprint density at radius 3 is 1.67 bits per heavy atom. The predicted molar refractivity (Wildman–Crippen MR) is 32.8 cm³/mol. The third kappa shape index (κ3) is 17.9. The first-order valence-corrected chi connectivity index (χ1v) is 3.74. The molecule has 1 N–H and O–H groups in total. The van der Waals surface area contributed by atoms with Crippen LogP contribution < -0.4 is 0 Å². The molecule has 5 nitrogen and oxygen atoms in total. The van der Waals surface area contributed by atoms with Gasteiger partial charge in [-0.25, -0.2) is 0 Å². The highest BCUT2D eigenvalue weighted by Gasteiger charge is 2.10. The summed E-state index contributed by atoms with van der Waals surface area (Å²) in [6.45, 7) is 0. The van der Waals surface area contributed by atoms with Crippen molar-refractivity contribution in [1.29, 1.82) is 0 Å². The monoisotopic (exact) mass is 174 g/mol. The maximum absolute atomic E-state index is 9.88. The maximum Gasteiger partial charge on any atom is 0.696 e. The molecule has 0 saturated heterocycles. The fourth-order valence-electron chi connectivity index (χ4n) is 0.0745. The van der Waals surface area contributed by atoms with Gasteiger partial charge in [-0.15, -0.1) is 9.05 Å². The van der Waals surface area contributed by atoms with E-state index in [9.17, 15) is 4.57 Å². The molecule has 0 aliphatic rings. The molecule has 1 atom stereocenters. The normalized spacial score (nSPS) is 7.89. The van der Waals surface area contributed by atoms with Crippen LogP contribution in [-0.4, -0.2) is 19.1 Å². The summed E-state index contributed by atoms with van der Waals surface area (Å²) in [5.74, 6) is 0. The molecule has 0 aliphatic carbocycles. The molecule has 1 unspecified atom stereocenters. The summed E-state index contributed by atoms with van der Waals surface area (Å²) in [6.07, 6.45) is 0. The van der Waals surface area contributed by atoms with Gasteiger partial charge in [-0.05, 0) is 4.57 Å². The van der Waals surface area contributed by atoms with Crippen molar-refractivity contribution in [3.8, 4) is 0 Å². The minimum Gasteiger partial charge on any atom is -0.162 e. The molecule has 0 amide bonds. The second-order valence-corrected chi connectivity index (χ2v) is 2.04. The van der Waals surface area contributed by atoms with Crippen molar-refractivity contribution in [3.05, 3.63) is 0 Å². The number of hydrogen-bond donors (Lipinski definition) is 1. The van der Waals surface area contributed by atoms with Crippen molar-refractivity contribution in [2.24, 2.45) is 0 Å². The van der Waals surface area contributed by atoms with Gasteiger partial charge in [0.2, 0.25) is 0 Å². The lowest BCUT2D eigenvalue weighted by atomic mass is 11.8. The minimum absolute atomic E-state index is 1.17. The number of hydrogen-bond acceptors (Lipinski definition) is 4. The second kappa shape index (κ2) is 11.0. The minimum atomic E-state index is -1.83. The third-order valence-electron chi connectivity index (χ3n) is 0.298. The average Bonchev–Trinajstić information content (AvgIpc) is 1.88. The molecule has 0 rings (SSSR count). The zero-order valence-corrected chi connectivity index (χ0v) is 6.92. The summed E-state index contributed by atoms with van der Waals surface area (Å²) in [5.41, 5.74) is 0. The van der Waals surface area contributed by atoms with Crippen LogP contribution in [0.15, 0.2) is 0 Å². The largest absolute Gasteiger partial charge is 0.696 e. The molecule has 0 aromatic heterocycles. The number of rotatable bonds is 2.